The second kappa shape index (κ2) is 8.34. The van der Waals surface area contributed by atoms with Crippen molar-refractivity contribution in [1.82, 2.24) is 5.32 Å². The predicted octanol–water partition coefficient (Wildman–Crippen LogP) is 4.00. The number of aliphatic carboxylic acids is 1. The van der Waals surface area contributed by atoms with Crippen molar-refractivity contribution in [3.8, 4) is 0 Å². The third-order valence-corrected chi connectivity index (χ3v) is 3.70. The number of carbonyl (C=O) groups is 2. The molecule has 0 heterocycles. The van der Waals surface area contributed by atoms with Crippen LogP contribution in [0.1, 0.15) is 39.7 Å². The number of carboxylic acid groups (broad SMARTS) is 1. The van der Waals surface area contributed by atoms with Crippen molar-refractivity contribution >= 4 is 28.0 Å². The highest BCUT2D eigenvalue weighted by Gasteiger charge is 2.23. The lowest BCUT2D eigenvalue weighted by atomic mass is 9.96. The standard InChI is InChI=1S/C17H24BrNO4/c1-11(15(20)21)9-14(19-16(22)23-17(2,3)4)10-12-5-7-13(18)8-6-12/h5-8,11,14H,9-10H2,1-4H3,(H,19,22)(H,20,21)/t11-,14+/m1/s1. The Labute approximate surface area is 145 Å². The molecular weight excluding hydrogens is 362 g/mol. The lowest BCUT2D eigenvalue weighted by molar-refractivity contribution is -0.141. The van der Waals surface area contributed by atoms with E-state index in [4.69, 9.17) is 9.84 Å². The fourth-order valence-electron chi connectivity index (χ4n) is 2.10. The van der Waals surface area contributed by atoms with Gasteiger partial charge in [0.25, 0.3) is 0 Å². The number of hydrogen-bond donors (Lipinski definition) is 2. The summed E-state index contributed by atoms with van der Waals surface area (Å²) in [4.78, 5) is 23.1. The SMILES string of the molecule is C[C@H](C[C@@H](Cc1ccc(Br)cc1)NC(=O)OC(C)(C)C)C(=O)O. The van der Waals surface area contributed by atoms with Crippen molar-refractivity contribution in [1.29, 1.82) is 0 Å². The van der Waals surface area contributed by atoms with Crippen LogP contribution in [0.4, 0.5) is 4.79 Å². The summed E-state index contributed by atoms with van der Waals surface area (Å²) < 4.78 is 6.23. The zero-order valence-corrected chi connectivity index (χ0v) is 15.5. The highest BCUT2D eigenvalue weighted by atomic mass is 79.9. The van der Waals surface area contributed by atoms with Crippen LogP contribution in [0.3, 0.4) is 0 Å². The minimum Gasteiger partial charge on any atom is -0.481 e. The summed E-state index contributed by atoms with van der Waals surface area (Å²) in [5.41, 5.74) is 0.428. The van der Waals surface area contributed by atoms with Gasteiger partial charge in [-0.2, -0.15) is 0 Å². The van der Waals surface area contributed by atoms with E-state index in [0.29, 0.717) is 12.8 Å². The molecule has 0 aliphatic heterocycles. The molecule has 0 fully saturated rings. The van der Waals surface area contributed by atoms with Gasteiger partial charge in [-0.3, -0.25) is 4.79 Å². The summed E-state index contributed by atoms with van der Waals surface area (Å²) in [6.07, 6.45) is 0.353. The number of carboxylic acids is 1. The molecule has 0 saturated carbocycles. The fourth-order valence-corrected chi connectivity index (χ4v) is 2.36. The molecular formula is C17H24BrNO4. The van der Waals surface area contributed by atoms with Gasteiger partial charge in [-0.1, -0.05) is 35.0 Å². The van der Waals surface area contributed by atoms with Gasteiger partial charge in [0, 0.05) is 10.5 Å². The Balaban J connectivity index is 2.77. The van der Waals surface area contributed by atoms with E-state index < -0.39 is 23.6 Å². The molecule has 0 spiro atoms. The minimum atomic E-state index is -0.878. The summed E-state index contributed by atoms with van der Waals surface area (Å²) in [7, 11) is 0. The van der Waals surface area contributed by atoms with Crippen LogP contribution in [0.15, 0.2) is 28.7 Å². The molecule has 0 aliphatic carbocycles. The Hall–Kier alpha value is -1.56. The second-order valence-corrected chi connectivity index (χ2v) is 7.56. The predicted molar refractivity (Wildman–Crippen MR) is 92.4 cm³/mol. The largest absolute Gasteiger partial charge is 0.481 e. The average molecular weight is 386 g/mol. The molecule has 5 nitrogen and oxygen atoms in total. The van der Waals surface area contributed by atoms with Crippen molar-refractivity contribution in [3.05, 3.63) is 34.3 Å². The van der Waals surface area contributed by atoms with Gasteiger partial charge in [-0.15, -0.1) is 0 Å². The number of ether oxygens (including phenoxy) is 1. The maximum Gasteiger partial charge on any atom is 0.407 e. The molecule has 1 aromatic carbocycles. The molecule has 2 N–H and O–H groups in total. The zero-order chi connectivity index (χ0) is 17.6. The molecule has 23 heavy (non-hydrogen) atoms. The zero-order valence-electron chi connectivity index (χ0n) is 13.9. The number of alkyl carbamates (subject to hydrolysis) is 1. The fraction of sp³-hybridized carbons (Fsp3) is 0.529. The van der Waals surface area contributed by atoms with Gasteiger partial charge in [-0.25, -0.2) is 4.79 Å². The first-order valence-corrected chi connectivity index (χ1v) is 8.33. The van der Waals surface area contributed by atoms with Gasteiger partial charge < -0.3 is 15.2 Å². The molecule has 1 amide bonds. The van der Waals surface area contributed by atoms with Crippen LogP contribution in [-0.2, 0) is 16.0 Å². The molecule has 6 heteroatoms. The average Bonchev–Trinajstić information content (AvgIpc) is 2.38. The van der Waals surface area contributed by atoms with Crippen LogP contribution in [0, 0.1) is 5.92 Å². The summed E-state index contributed by atoms with van der Waals surface area (Å²) in [6, 6.07) is 7.41. The maximum absolute atomic E-state index is 12.0. The van der Waals surface area contributed by atoms with E-state index in [1.165, 1.54) is 0 Å². The van der Waals surface area contributed by atoms with E-state index in [1.807, 2.05) is 24.3 Å². The van der Waals surface area contributed by atoms with Gasteiger partial charge in [0.05, 0.1) is 5.92 Å². The van der Waals surface area contributed by atoms with Gasteiger partial charge >= 0.3 is 12.1 Å². The van der Waals surface area contributed by atoms with Crippen molar-refractivity contribution < 1.29 is 19.4 Å². The van der Waals surface area contributed by atoms with Crippen LogP contribution in [0.2, 0.25) is 0 Å². The summed E-state index contributed by atoms with van der Waals surface area (Å²) in [5.74, 6) is -1.43. The molecule has 0 unspecified atom stereocenters. The first-order valence-electron chi connectivity index (χ1n) is 7.53. The molecule has 1 rings (SSSR count). The Morgan fingerprint density at radius 3 is 2.30 bits per heavy atom. The van der Waals surface area contributed by atoms with E-state index >= 15 is 0 Å². The van der Waals surface area contributed by atoms with E-state index in [2.05, 4.69) is 21.2 Å². The molecule has 2 atom stereocenters. The number of hydrogen-bond acceptors (Lipinski definition) is 3. The Morgan fingerprint density at radius 1 is 1.26 bits per heavy atom. The van der Waals surface area contributed by atoms with E-state index in [-0.39, 0.29) is 6.04 Å². The third-order valence-electron chi connectivity index (χ3n) is 3.18. The number of carbonyl (C=O) groups excluding carboxylic acids is 1. The number of halogens is 1. The third kappa shape index (κ3) is 8.02. The quantitative estimate of drug-likeness (QED) is 0.775. The summed E-state index contributed by atoms with van der Waals surface area (Å²) in [5, 5.41) is 11.9. The van der Waals surface area contributed by atoms with Crippen LogP contribution in [-0.4, -0.2) is 28.8 Å². The Kier molecular flexibility index (Phi) is 7.06. The molecule has 0 aromatic heterocycles. The number of benzene rings is 1. The molecule has 0 saturated heterocycles. The van der Waals surface area contributed by atoms with Gasteiger partial charge in [-0.05, 0) is 51.3 Å². The molecule has 0 aliphatic rings. The van der Waals surface area contributed by atoms with Crippen molar-refractivity contribution in [3.63, 3.8) is 0 Å². The Morgan fingerprint density at radius 2 is 1.83 bits per heavy atom. The molecule has 1 aromatic rings. The van der Waals surface area contributed by atoms with Crippen LogP contribution < -0.4 is 5.32 Å². The number of amides is 1. The van der Waals surface area contributed by atoms with E-state index in [1.54, 1.807) is 27.7 Å². The second-order valence-electron chi connectivity index (χ2n) is 6.65. The first kappa shape index (κ1) is 19.5. The highest BCUT2D eigenvalue weighted by Crippen LogP contribution is 2.16. The molecule has 0 bridgehead atoms. The van der Waals surface area contributed by atoms with Gasteiger partial charge in [0.2, 0.25) is 0 Å². The minimum absolute atomic E-state index is 0.308. The number of nitrogens with one attached hydrogen (secondary N) is 1. The van der Waals surface area contributed by atoms with Crippen molar-refractivity contribution in [2.24, 2.45) is 5.92 Å². The van der Waals surface area contributed by atoms with Crippen LogP contribution >= 0.6 is 15.9 Å². The van der Waals surface area contributed by atoms with E-state index in [9.17, 15) is 9.59 Å². The number of rotatable bonds is 6. The van der Waals surface area contributed by atoms with Gasteiger partial charge in [0.1, 0.15) is 5.60 Å². The van der Waals surface area contributed by atoms with Crippen molar-refractivity contribution in [2.75, 3.05) is 0 Å². The van der Waals surface area contributed by atoms with E-state index in [0.717, 1.165) is 10.0 Å². The molecule has 0 radical (unpaired) electrons. The van der Waals surface area contributed by atoms with Crippen molar-refractivity contribution in [2.45, 2.75) is 52.2 Å². The highest BCUT2D eigenvalue weighted by molar-refractivity contribution is 9.10. The normalized spacial score (nSPS) is 14.0. The summed E-state index contributed by atoms with van der Waals surface area (Å²) >= 11 is 3.38. The van der Waals surface area contributed by atoms with Gasteiger partial charge in [0.15, 0.2) is 0 Å². The summed E-state index contributed by atoms with van der Waals surface area (Å²) in [6.45, 7) is 7.00. The topological polar surface area (TPSA) is 75.6 Å². The Bertz CT molecular complexity index is 537. The maximum atomic E-state index is 12.0. The lowest BCUT2D eigenvalue weighted by Gasteiger charge is -2.24. The van der Waals surface area contributed by atoms with Crippen LogP contribution in [0.25, 0.3) is 0 Å². The molecule has 128 valence electrons. The first-order chi connectivity index (χ1) is 10.6. The van der Waals surface area contributed by atoms with Crippen LogP contribution in [0.5, 0.6) is 0 Å². The lowest BCUT2D eigenvalue weighted by Crippen LogP contribution is -2.41. The monoisotopic (exact) mass is 385 g/mol. The smallest absolute Gasteiger partial charge is 0.407 e.